The number of nitrogens with zero attached hydrogens (tertiary/aromatic N) is 4. The average molecular weight is 482 g/mol. The number of carbonyl (C=O) groups is 2. The maximum atomic E-state index is 13.2. The van der Waals surface area contributed by atoms with E-state index in [-0.39, 0.29) is 34.6 Å². The summed E-state index contributed by atoms with van der Waals surface area (Å²) in [6.45, 7) is 4.45. The summed E-state index contributed by atoms with van der Waals surface area (Å²) < 4.78 is 18.1. The third-order valence-corrected chi connectivity index (χ3v) is 5.97. The third-order valence-electron chi connectivity index (χ3n) is 4.93. The minimum atomic E-state index is -0.374. The lowest BCUT2D eigenvalue weighted by atomic mass is 10.1. The van der Waals surface area contributed by atoms with Gasteiger partial charge in [-0.25, -0.2) is 14.4 Å². The van der Waals surface area contributed by atoms with Gasteiger partial charge in [-0.2, -0.15) is 0 Å². The van der Waals surface area contributed by atoms with Gasteiger partial charge in [0, 0.05) is 51.0 Å². The van der Waals surface area contributed by atoms with Crippen LogP contribution < -0.4 is 10.2 Å². The van der Waals surface area contributed by atoms with Gasteiger partial charge in [-0.15, -0.1) is 0 Å². The molecule has 1 aromatic heterocycles. The summed E-state index contributed by atoms with van der Waals surface area (Å²) in [5.74, 6) is 0.168. The van der Waals surface area contributed by atoms with Crippen molar-refractivity contribution in [3.63, 3.8) is 0 Å². The lowest BCUT2D eigenvalue weighted by molar-refractivity contribution is -0.118. The Morgan fingerprint density at radius 1 is 1.28 bits per heavy atom. The van der Waals surface area contributed by atoms with Crippen LogP contribution in [0.15, 0.2) is 35.5 Å². The highest BCUT2D eigenvalue weighted by Crippen LogP contribution is 2.24. The number of aromatic nitrogens is 2. The molecule has 1 N–H and O–H groups in total. The minimum absolute atomic E-state index is 0.0855. The molecule has 0 saturated carbocycles. The zero-order chi connectivity index (χ0) is 23.1. The van der Waals surface area contributed by atoms with Crippen molar-refractivity contribution in [3.05, 3.63) is 46.9 Å². The molecule has 1 atom stereocenters. The molecule has 2 heterocycles. The van der Waals surface area contributed by atoms with Crippen LogP contribution >= 0.6 is 23.4 Å². The lowest BCUT2D eigenvalue weighted by Gasteiger charge is -2.40. The Kier molecular flexibility index (Phi) is 8.66. The predicted octanol–water partition coefficient (Wildman–Crippen LogP) is 2.47. The Bertz CT molecular complexity index is 950. The van der Waals surface area contributed by atoms with Crippen molar-refractivity contribution in [2.24, 2.45) is 0 Å². The third kappa shape index (κ3) is 6.54. The zero-order valence-electron chi connectivity index (χ0n) is 17.9. The number of anilines is 1. The summed E-state index contributed by atoms with van der Waals surface area (Å²) in [6.07, 6.45) is 0. The highest BCUT2D eigenvalue weighted by Gasteiger charge is 2.29. The standard InChI is InChI=1S/C21H25ClFN5O3S/c1-14-12-27(8-9-28(14)20(30)15-3-5-16(23)6-4-15)18-11-17(22)25-21(26-18)32-13-19(29)24-7-10-31-2/h3-6,11,14H,7-10,12-13H2,1-2H3,(H,24,29). The van der Waals surface area contributed by atoms with E-state index in [2.05, 4.69) is 15.3 Å². The van der Waals surface area contributed by atoms with Gasteiger partial charge in [0.1, 0.15) is 16.8 Å². The molecule has 1 unspecified atom stereocenters. The van der Waals surface area contributed by atoms with Gasteiger partial charge in [0.15, 0.2) is 5.16 Å². The molecule has 1 aliphatic rings. The van der Waals surface area contributed by atoms with E-state index in [0.717, 1.165) is 0 Å². The Balaban J connectivity index is 1.61. The number of nitrogens with one attached hydrogen (secondary N) is 1. The van der Waals surface area contributed by atoms with Crippen LogP contribution in [0.25, 0.3) is 0 Å². The van der Waals surface area contributed by atoms with Crippen LogP contribution in [0.5, 0.6) is 0 Å². The van der Waals surface area contributed by atoms with Gasteiger partial charge in [-0.05, 0) is 31.2 Å². The SMILES string of the molecule is COCCNC(=O)CSc1nc(Cl)cc(N2CCN(C(=O)c3ccc(F)cc3)C(C)C2)n1. The van der Waals surface area contributed by atoms with Crippen molar-refractivity contribution in [3.8, 4) is 0 Å². The highest BCUT2D eigenvalue weighted by atomic mass is 35.5. The maximum Gasteiger partial charge on any atom is 0.254 e. The molecule has 172 valence electrons. The normalized spacial score (nSPS) is 16.2. The largest absolute Gasteiger partial charge is 0.383 e. The Morgan fingerprint density at radius 2 is 2.03 bits per heavy atom. The first-order valence-electron chi connectivity index (χ1n) is 10.1. The van der Waals surface area contributed by atoms with E-state index in [1.807, 2.05) is 11.8 Å². The van der Waals surface area contributed by atoms with Crippen molar-refractivity contribution in [2.45, 2.75) is 18.1 Å². The Hall–Kier alpha value is -2.43. The molecule has 1 aliphatic heterocycles. The van der Waals surface area contributed by atoms with Gasteiger partial charge in [-0.1, -0.05) is 23.4 Å². The molecule has 1 aromatic carbocycles. The van der Waals surface area contributed by atoms with E-state index in [1.54, 1.807) is 18.1 Å². The summed E-state index contributed by atoms with van der Waals surface area (Å²) in [5.41, 5.74) is 0.458. The van der Waals surface area contributed by atoms with Gasteiger partial charge in [0.2, 0.25) is 5.91 Å². The summed E-state index contributed by atoms with van der Waals surface area (Å²) >= 11 is 7.39. The molecule has 2 aromatic rings. The first-order valence-corrected chi connectivity index (χ1v) is 11.5. The first-order chi connectivity index (χ1) is 15.4. The van der Waals surface area contributed by atoms with Crippen LogP contribution in [0, 0.1) is 5.82 Å². The predicted molar refractivity (Wildman–Crippen MR) is 122 cm³/mol. The van der Waals surface area contributed by atoms with Gasteiger partial charge in [0.05, 0.1) is 12.4 Å². The molecule has 0 bridgehead atoms. The van der Waals surface area contributed by atoms with E-state index >= 15 is 0 Å². The molecule has 1 saturated heterocycles. The number of thioether (sulfide) groups is 1. The van der Waals surface area contributed by atoms with E-state index in [9.17, 15) is 14.0 Å². The van der Waals surface area contributed by atoms with Crippen LogP contribution in [0.4, 0.5) is 10.2 Å². The fourth-order valence-electron chi connectivity index (χ4n) is 3.31. The Labute approximate surface area is 195 Å². The van der Waals surface area contributed by atoms with Gasteiger partial charge in [-0.3, -0.25) is 9.59 Å². The number of hydrogen-bond donors (Lipinski definition) is 1. The number of carbonyl (C=O) groups excluding carboxylic acids is 2. The smallest absolute Gasteiger partial charge is 0.254 e. The number of hydrogen-bond acceptors (Lipinski definition) is 7. The van der Waals surface area contributed by atoms with Gasteiger partial charge < -0.3 is 19.9 Å². The average Bonchev–Trinajstić information content (AvgIpc) is 2.77. The number of ether oxygens (including phenoxy) is 1. The number of amides is 2. The molecule has 8 nitrogen and oxygen atoms in total. The molecule has 1 fully saturated rings. The molecule has 11 heteroatoms. The fraction of sp³-hybridized carbons (Fsp3) is 0.429. The molecular weight excluding hydrogens is 457 g/mol. The minimum Gasteiger partial charge on any atom is -0.383 e. The van der Waals surface area contributed by atoms with Crippen LogP contribution in [0.1, 0.15) is 17.3 Å². The molecule has 0 aliphatic carbocycles. The molecule has 32 heavy (non-hydrogen) atoms. The van der Waals surface area contributed by atoms with E-state index in [0.29, 0.717) is 49.3 Å². The quantitative estimate of drug-likeness (QED) is 0.268. The summed E-state index contributed by atoms with van der Waals surface area (Å²) in [5, 5.41) is 3.44. The van der Waals surface area contributed by atoms with E-state index in [1.165, 1.54) is 36.0 Å². The summed E-state index contributed by atoms with van der Waals surface area (Å²) in [4.78, 5) is 37.2. The van der Waals surface area contributed by atoms with Crippen LogP contribution in [0.2, 0.25) is 5.15 Å². The number of benzene rings is 1. The first kappa shape index (κ1) is 24.2. The summed E-state index contributed by atoms with van der Waals surface area (Å²) in [6, 6.07) is 7.15. The van der Waals surface area contributed by atoms with E-state index < -0.39 is 0 Å². The lowest BCUT2D eigenvalue weighted by Crippen LogP contribution is -2.54. The van der Waals surface area contributed by atoms with Crippen LogP contribution in [0.3, 0.4) is 0 Å². The number of methoxy groups -OCH3 is 1. The summed E-state index contributed by atoms with van der Waals surface area (Å²) in [7, 11) is 1.57. The number of rotatable bonds is 8. The van der Waals surface area contributed by atoms with Crippen LogP contribution in [-0.4, -0.2) is 78.4 Å². The van der Waals surface area contributed by atoms with Crippen molar-refractivity contribution < 1.29 is 18.7 Å². The number of piperazine rings is 1. The fourth-order valence-corrected chi connectivity index (χ4v) is 4.22. The maximum absolute atomic E-state index is 13.2. The molecule has 2 amide bonds. The van der Waals surface area contributed by atoms with Crippen molar-refractivity contribution in [2.75, 3.05) is 50.5 Å². The number of halogens is 2. The van der Waals surface area contributed by atoms with Crippen molar-refractivity contribution in [1.29, 1.82) is 0 Å². The molecular formula is C21H25ClFN5O3S. The van der Waals surface area contributed by atoms with Crippen molar-refractivity contribution >= 4 is 41.0 Å². The Morgan fingerprint density at radius 3 is 2.72 bits per heavy atom. The second kappa shape index (κ2) is 11.4. The molecule has 0 radical (unpaired) electrons. The van der Waals surface area contributed by atoms with Gasteiger partial charge in [0.25, 0.3) is 5.91 Å². The van der Waals surface area contributed by atoms with Gasteiger partial charge >= 0.3 is 0 Å². The van der Waals surface area contributed by atoms with E-state index in [4.69, 9.17) is 16.3 Å². The zero-order valence-corrected chi connectivity index (χ0v) is 19.5. The van der Waals surface area contributed by atoms with Crippen molar-refractivity contribution in [1.82, 2.24) is 20.2 Å². The second-order valence-electron chi connectivity index (χ2n) is 7.26. The molecule has 3 rings (SSSR count). The second-order valence-corrected chi connectivity index (χ2v) is 8.59. The monoisotopic (exact) mass is 481 g/mol. The molecule has 0 spiro atoms. The highest BCUT2D eigenvalue weighted by molar-refractivity contribution is 7.99. The topological polar surface area (TPSA) is 87.7 Å². The van der Waals surface area contributed by atoms with Crippen LogP contribution in [-0.2, 0) is 9.53 Å².